The van der Waals surface area contributed by atoms with Crippen LogP contribution in [-0.4, -0.2) is 44.9 Å². The van der Waals surface area contributed by atoms with E-state index in [0.29, 0.717) is 0 Å². The van der Waals surface area contributed by atoms with Crippen molar-refractivity contribution in [3.63, 3.8) is 0 Å². The first kappa shape index (κ1) is 18.4. The molecule has 1 atom stereocenters. The lowest BCUT2D eigenvalue weighted by atomic mass is 10.1. The molecule has 1 aliphatic rings. The van der Waals surface area contributed by atoms with E-state index in [9.17, 15) is 4.39 Å². The van der Waals surface area contributed by atoms with E-state index in [-0.39, 0.29) is 37.5 Å². The summed E-state index contributed by atoms with van der Waals surface area (Å²) in [4.78, 5) is 2.19. The van der Waals surface area contributed by atoms with Gasteiger partial charge in [0.25, 0.3) is 0 Å². The first-order valence-corrected chi connectivity index (χ1v) is 6.00. The van der Waals surface area contributed by atoms with Crippen LogP contribution in [-0.2, 0) is 0 Å². The molecule has 1 saturated heterocycles. The predicted molar refractivity (Wildman–Crippen MR) is 80.6 cm³/mol. The summed E-state index contributed by atoms with van der Waals surface area (Å²) in [6.45, 7) is 3.30. The lowest BCUT2D eigenvalue weighted by molar-refractivity contribution is 0.147. The maximum absolute atomic E-state index is 13.3. The molecule has 0 bridgehead atoms. The van der Waals surface area contributed by atoms with Gasteiger partial charge in [-0.1, -0.05) is 12.1 Å². The first-order chi connectivity index (χ1) is 8.35. The van der Waals surface area contributed by atoms with Crippen LogP contribution in [0.3, 0.4) is 0 Å². The van der Waals surface area contributed by atoms with Crippen molar-refractivity contribution in [3.05, 3.63) is 29.8 Å². The Morgan fingerprint density at radius 1 is 1.32 bits per heavy atom. The smallest absolute Gasteiger partial charge is 0.119 e. The molecule has 1 fully saturated rings. The summed E-state index contributed by atoms with van der Waals surface area (Å²) in [5.74, 6) is 0.788. The van der Waals surface area contributed by atoms with Crippen molar-refractivity contribution in [2.24, 2.45) is 0 Å². The van der Waals surface area contributed by atoms with Gasteiger partial charge in [-0.25, -0.2) is 4.39 Å². The van der Waals surface area contributed by atoms with E-state index in [0.717, 1.165) is 37.5 Å². The fourth-order valence-corrected chi connectivity index (χ4v) is 2.24. The Labute approximate surface area is 126 Å². The highest BCUT2D eigenvalue weighted by atomic mass is 35.5. The van der Waals surface area contributed by atoms with E-state index >= 15 is 0 Å². The molecule has 0 amide bonds. The molecule has 0 spiro atoms. The zero-order valence-electron chi connectivity index (χ0n) is 11.0. The van der Waals surface area contributed by atoms with Gasteiger partial charge >= 0.3 is 0 Å². The Bertz CT molecular complexity index is 362. The fraction of sp³-hybridized carbons (Fsp3) is 0.538. The van der Waals surface area contributed by atoms with Crippen LogP contribution in [0.15, 0.2) is 24.3 Å². The van der Waals surface area contributed by atoms with Crippen LogP contribution in [0.4, 0.5) is 4.39 Å². The van der Waals surface area contributed by atoms with Crippen molar-refractivity contribution in [2.75, 3.05) is 40.0 Å². The van der Waals surface area contributed by atoms with Crippen molar-refractivity contribution in [1.82, 2.24) is 10.2 Å². The Morgan fingerprint density at radius 3 is 2.58 bits per heavy atom. The Morgan fingerprint density at radius 2 is 2.00 bits per heavy atom. The zero-order valence-corrected chi connectivity index (χ0v) is 12.6. The van der Waals surface area contributed by atoms with E-state index in [1.807, 2.05) is 24.3 Å². The number of alkyl halides is 1. The van der Waals surface area contributed by atoms with E-state index in [1.165, 1.54) is 0 Å². The topological polar surface area (TPSA) is 24.5 Å². The van der Waals surface area contributed by atoms with Gasteiger partial charge in [0.15, 0.2) is 0 Å². The highest BCUT2D eigenvalue weighted by Gasteiger charge is 2.22. The molecule has 2 rings (SSSR count). The number of nitrogens with zero attached hydrogens (tertiary/aromatic N) is 1. The predicted octanol–water partition coefficient (Wildman–Crippen LogP) is 2.45. The first-order valence-electron chi connectivity index (χ1n) is 6.00. The average Bonchev–Trinajstić information content (AvgIpc) is 2.41. The number of nitrogens with one attached hydrogen (secondary N) is 1. The van der Waals surface area contributed by atoms with Crippen LogP contribution in [0, 0.1) is 0 Å². The molecule has 6 heteroatoms. The number of piperazine rings is 1. The number of methoxy groups -OCH3 is 1. The van der Waals surface area contributed by atoms with Crippen LogP contribution in [0.1, 0.15) is 11.6 Å². The molecular weight excluding hydrogens is 290 g/mol. The molecule has 110 valence electrons. The maximum atomic E-state index is 13.3. The SMILES string of the molecule is COc1cccc([C@@H](CF)N2CCNCC2)c1.Cl.Cl. The van der Waals surface area contributed by atoms with E-state index in [4.69, 9.17) is 4.74 Å². The minimum Gasteiger partial charge on any atom is -0.497 e. The summed E-state index contributed by atoms with van der Waals surface area (Å²) < 4.78 is 18.4. The quantitative estimate of drug-likeness (QED) is 0.924. The number of rotatable bonds is 4. The summed E-state index contributed by atoms with van der Waals surface area (Å²) in [5, 5.41) is 3.28. The molecule has 0 aliphatic carbocycles. The second-order valence-electron chi connectivity index (χ2n) is 4.23. The van der Waals surface area contributed by atoms with E-state index in [1.54, 1.807) is 7.11 Å². The second-order valence-corrected chi connectivity index (χ2v) is 4.23. The minimum atomic E-state index is -0.354. The molecular formula is C13H21Cl2FN2O. The van der Waals surface area contributed by atoms with Crippen molar-refractivity contribution >= 4 is 24.8 Å². The number of benzene rings is 1. The van der Waals surface area contributed by atoms with Crippen LogP contribution < -0.4 is 10.1 Å². The number of hydrogen-bond acceptors (Lipinski definition) is 3. The van der Waals surface area contributed by atoms with Crippen LogP contribution in [0.25, 0.3) is 0 Å². The monoisotopic (exact) mass is 310 g/mol. The van der Waals surface area contributed by atoms with Gasteiger partial charge in [-0.15, -0.1) is 24.8 Å². The Hall–Kier alpha value is -0.550. The molecule has 0 saturated carbocycles. The summed E-state index contributed by atoms with van der Waals surface area (Å²) in [6.07, 6.45) is 0. The average molecular weight is 311 g/mol. The zero-order chi connectivity index (χ0) is 12.1. The third-order valence-corrected chi connectivity index (χ3v) is 3.22. The minimum absolute atomic E-state index is 0. The Balaban J connectivity index is 0.00000162. The molecule has 1 aromatic carbocycles. The summed E-state index contributed by atoms with van der Waals surface area (Å²) >= 11 is 0. The third-order valence-electron chi connectivity index (χ3n) is 3.22. The number of ether oxygens (including phenoxy) is 1. The van der Waals surface area contributed by atoms with Crippen molar-refractivity contribution in [1.29, 1.82) is 0 Å². The number of halogens is 3. The van der Waals surface area contributed by atoms with E-state index < -0.39 is 0 Å². The largest absolute Gasteiger partial charge is 0.497 e. The van der Waals surface area contributed by atoms with Crippen molar-refractivity contribution < 1.29 is 9.13 Å². The molecule has 1 N–H and O–H groups in total. The lowest BCUT2D eigenvalue weighted by Gasteiger charge is -2.33. The lowest BCUT2D eigenvalue weighted by Crippen LogP contribution is -2.45. The van der Waals surface area contributed by atoms with Gasteiger partial charge in [-0.2, -0.15) is 0 Å². The standard InChI is InChI=1S/C13H19FN2O.2ClH/c1-17-12-4-2-3-11(9-12)13(10-14)16-7-5-15-6-8-16;;/h2-4,9,13,15H,5-8,10H2,1H3;2*1H/t13-;;/m1../s1. The normalized spacial score (nSPS) is 16.9. The Kier molecular flexibility index (Phi) is 9.10. The third kappa shape index (κ3) is 4.80. The van der Waals surface area contributed by atoms with Crippen LogP contribution >= 0.6 is 24.8 Å². The summed E-state index contributed by atoms with van der Waals surface area (Å²) in [7, 11) is 1.63. The maximum Gasteiger partial charge on any atom is 0.119 e. The summed E-state index contributed by atoms with van der Waals surface area (Å²) in [6, 6.07) is 7.55. The van der Waals surface area contributed by atoms with E-state index in [2.05, 4.69) is 10.2 Å². The molecule has 1 heterocycles. The molecule has 3 nitrogen and oxygen atoms in total. The van der Waals surface area contributed by atoms with Gasteiger partial charge in [-0.05, 0) is 17.7 Å². The fourth-order valence-electron chi connectivity index (χ4n) is 2.24. The second kappa shape index (κ2) is 9.37. The molecule has 19 heavy (non-hydrogen) atoms. The highest BCUT2D eigenvalue weighted by Crippen LogP contribution is 2.24. The molecule has 0 radical (unpaired) electrons. The van der Waals surface area contributed by atoms with Gasteiger partial charge in [0, 0.05) is 26.2 Å². The van der Waals surface area contributed by atoms with Crippen LogP contribution in [0.2, 0.25) is 0 Å². The van der Waals surface area contributed by atoms with Crippen molar-refractivity contribution in [3.8, 4) is 5.75 Å². The van der Waals surface area contributed by atoms with Gasteiger partial charge in [0.2, 0.25) is 0 Å². The molecule has 1 aliphatic heterocycles. The summed E-state index contributed by atoms with van der Waals surface area (Å²) in [5.41, 5.74) is 0.994. The van der Waals surface area contributed by atoms with Crippen molar-refractivity contribution in [2.45, 2.75) is 6.04 Å². The van der Waals surface area contributed by atoms with Gasteiger partial charge < -0.3 is 10.1 Å². The number of hydrogen-bond donors (Lipinski definition) is 1. The highest BCUT2D eigenvalue weighted by molar-refractivity contribution is 5.85. The molecule has 1 aromatic rings. The van der Waals surface area contributed by atoms with Gasteiger partial charge in [0.1, 0.15) is 12.4 Å². The van der Waals surface area contributed by atoms with Crippen LogP contribution in [0.5, 0.6) is 5.75 Å². The van der Waals surface area contributed by atoms with Gasteiger partial charge in [-0.3, -0.25) is 4.90 Å². The molecule has 0 unspecified atom stereocenters. The van der Waals surface area contributed by atoms with Gasteiger partial charge in [0.05, 0.1) is 13.2 Å². The molecule has 0 aromatic heterocycles.